The smallest absolute Gasteiger partial charge is 0.283 e. The molecule has 0 spiro atoms. The average Bonchev–Trinajstić information content (AvgIpc) is 2.56. The first-order valence-electron chi connectivity index (χ1n) is 4.55. The highest BCUT2D eigenvalue weighted by molar-refractivity contribution is 5.74. The average molecular weight is 230 g/mol. The van der Waals surface area contributed by atoms with Gasteiger partial charge in [0.25, 0.3) is 6.02 Å². The molecule has 0 unspecified atom stereocenters. The predicted octanol–water partition coefficient (Wildman–Crippen LogP) is 1.66. The summed E-state index contributed by atoms with van der Waals surface area (Å²) in [5, 5.41) is 0. The molecule has 0 radical (unpaired) electrons. The van der Waals surface area contributed by atoms with Gasteiger partial charge in [-0.1, -0.05) is 0 Å². The van der Waals surface area contributed by atoms with Crippen LogP contribution in [0.2, 0.25) is 0 Å². The van der Waals surface area contributed by atoms with E-state index in [0.717, 1.165) is 12.1 Å². The van der Waals surface area contributed by atoms with Crippen LogP contribution in [0.4, 0.5) is 13.2 Å². The number of benzene rings is 1. The summed E-state index contributed by atoms with van der Waals surface area (Å²) in [7, 11) is 0. The molecule has 6 heteroatoms. The van der Waals surface area contributed by atoms with Gasteiger partial charge in [-0.15, -0.1) is 0 Å². The summed E-state index contributed by atoms with van der Waals surface area (Å²) in [5.41, 5.74) is 4.53. The number of nitrogens with two attached hydrogens (primary N) is 1. The van der Waals surface area contributed by atoms with E-state index in [1.165, 1.54) is 0 Å². The number of rotatable bonds is 1. The van der Waals surface area contributed by atoms with Crippen LogP contribution in [-0.4, -0.2) is 12.6 Å². The molecule has 0 fully saturated rings. The Hall–Kier alpha value is -1.72. The number of amidine groups is 1. The molecule has 0 bridgehead atoms. The zero-order valence-electron chi connectivity index (χ0n) is 8.43. The molecule has 2 rings (SSSR count). The first-order valence-corrected chi connectivity index (χ1v) is 4.55. The van der Waals surface area contributed by atoms with Crippen LogP contribution in [0.1, 0.15) is 12.5 Å². The maximum absolute atomic E-state index is 13.0. The molecule has 1 aromatic carbocycles. The second-order valence-corrected chi connectivity index (χ2v) is 3.77. The van der Waals surface area contributed by atoms with Crippen LogP contribution in [-0.2, 0) is 10.3 Å². The van der Waals surface area contributed by atoms with Gasteiger partial charge >= 0.3 is 0 Å². The second-order valence-electron chi connectivity index (χ2n) is 3.77. The number of nitrogens with zero attached hydrogens (tertiary/aromatic N) is 1. The van der Waals surface area contributed by atoms with E-state index < -0.39 is 23.0 Å². The Morgan fingerprint density at radius 2 is 1.88 bits per heavy atom. The molecule has 0 aliphatic carbocycles. The molecule has 1 atom stereocenters. The van der Waals surface area contributed by atoms with Crippen LogP contribution >= 0.6 is 0 Å². The van der Waals surface area contributed by atoms with E-state index in [1.807, 2.05) is 0 Å². The van der Waals surface area contributed by atoms with Crippen molar-refractivity contribution in [1.29, 1.82) is 0 Å². The van der Waals surface area contributed by atoms with Crippen molar-refractivity contribution in [2.24, 2.45) is 10.7 Å². The van der Waals surface area contributed by atoms with E-state index in [2.05, 4.69) is 4.99 Å². The minimum absolute atomic E-state index is 0.0485. The Morgan fingerprint density at radius 1 is 1.31 bits per heavy atom. The van der Waals surface area contributed by atoms with E-state index in [-0.39, 0.29) is 18.2 Å². The number of ether oxygens (including phenoxy) is 1. The highest BCUT2D eigenvalue weighted by atomic mass is 19.2. The van der Waals surface area contributed by atoms with Crippen molar-refractivity contribution in [3.63, 3.8) is 0 Å². The molecular weight excluding hydrogens is 221 g/mol. The Kier molecular flexibility index (Phi) is 2.29. The molecule has 0 saturated heterocycles. The highest BCUT2D eigenvalue weighted by Crippen LogP contribution is 2.31. The van der Waals surface area contributed by atoms with Crippen LogP contribution < -0.4 is 5.73 Å². The molecule has 3 nitrogen and oxygen atoms in total. The van der Waals surface area contributed by atoms with E-state index in [4.69, 9.17) is 10.5 Å². The number of hydrogen-bond donors (Lipinski definition) is 1. The highest BCUT2D eigenvalue weighted by Gasteiger charge is 2.34. The van der Waals surface area contributed by atoms with Crippen LogP contribution in [0.15, 0.2) is 17.1 Å². The first kappa shape index (κ1) is 10.8. The fourth-order valence-corrected chi connectivity index (χ4v) is 1.54. The second kappa shape index (κ2) is 3.40. The van der Waals surface area contributed by atoms with Gasteiger partial charge in [0, 0.05) is 0 Å². The van der Waals surface area contributed by atoms with Gasteiger partial charge in [0.2, 0.25) is 0 Å². The zero-order chi connectivity index (χ0) is 11.9. The lowest BCUT2D eigenvalue weighted by Gasteiger charge is -2.18. The Morgan fingerprint density at radius 3 is 2.31 bits per heavy atom. The van der Waals surface area contributed by atoms with Crippen molar-refractivity contribution in [3.05, 3.63) is 35.1 Å². The molecule has 1 heterocycles. The van der Waals surface area contributed by atoms with Gasteiger partial charge in [0.1, 0.15) is 12.1 Å². The van der Waals surface area contributed by atoms with Gasteiger partial charge in [-0.25, -0.2) is 18.2 Å². The van der Waals surface area contributed by atoms with Gasteiger partial charge in [0.15, 0.2) is 17.5 Å². The third kappa shape index (κ3) is 1.60. The topological polar surface area (TPSA) is 47.6 Å². The van der Waals surface area contributed by atoms with Gasteiger partial charge in [0.05, 0.1) is 0 Å². The molecule has 1 aliphatic rings. The van der Waals surface area contributed by atoms with Gasteiger partial charge in [-0.3, -0.25) is 0 Å². The fourth-order valence-electron chi connectivity index (χ4n) is 1.54. The molecule has 16 heavy (non-hydrogen) atoms. The normalized spacial score (nSPS) is 24.1. The van der Waals surface area contributed by atoms with Crippen molar-refractivity contribution in [2.45, 2.75) is 12.5 Å². The van der Waals surface area contributed by atoms with Crippen LogP contribution in [0.5, 0.6) is 0 Å². The first-order chi connectivity index (χ1) is 7.42. The van der Waals surface area contributed by atoms with E-state index in [1.54, 1.807) is 6.92 Å². The minimum Gasteiger partial charge on any atom is -0.462 e. The lowest BCUT2D eigenvalue weighted by atomic mass is 9.94. The quantitative estimate of drug-likeness (QED) is 0.746. The molecule has 2 N–H and O–H groups in total. The SMILES string of the molecule is C[C@]1(c2cc(F)c(F)c(F)c2)COC(N)=N1. The van der Waals surface area contributed by atoms with E-state index in [9.17, 15) is 13.2 Å². The summed E-state index contributed by atoms with van der Waals surface area (Å²) in [4.78, 5) is 3.92. The van der Waals surface area contributed by atoms with Crippen molar-refractivity contribution >= 4 is 6.02 Å². The summed E-state index contributed by atoms with van der Waals surface area (Å²) in [5.74, 6) is -4.00. The number of hydrogen-bond acceptors (Lipinski definition) is 3. The standard InChI is InChI=1S/C10H9F3N2O/c1-10(4-16-9(14)15-10)5-2-6(11)8(13)7(12)3-5/h2-3H,4H2,1H3,(H2,14,15)/t10-/m1/s1. The van der Waals surface area contributed by atoms with Gasteiger partial charge < -0.3 is 10.5 Å². The molecule has 86 valence electrons. The van der Waals surface area contributed by atoms with Crippen molar-refractivity contribution in [2.75, 3.05) is 6.61 Å². The summed E-state index contributed by atoms with van der Waals surface area (Å²) in [6.45, 7) is 1.67. The summed E-state index contributed by atoms with van der Waals surface area (Å²) in [6.07, 6.45) is 0. The van der Waals surface area contributed by atoms with Crippen molar-refractivity contribution < 1.29 is 17.9 Å². The predicted molar refractivity (Wildman–Crippen MR) is 51.2 cm³/mol. The van der Waals surface area contributed by atoms with Crippen molar-refractivity contribution in [3.8, 4) is 0 Å². The Labute approximate surface area is 89.7 Å². The Bertz CT molecular complexity index is 452. The molecule has 1 aliphatic heterocycles. The van der Waals surface area contributed by atoms with Crippen LogP contribution in [0, 0.1) is 17.5 Å². The summed E-state index contributed by atoms with van der Waals surface area (Å²) < 4.78 is 43.7. The third-order valence-electron chi connectivity index (χ3n) is 2.46. The third-order valence-corrected chi connectivity index (χ3v) is 2.46. The van der Waals surface area contributed by atoms with Crippen LogP contribution in [0.25, 0.3) is 0 Å². The minimum atomic E-state index is -1.50. The van der Waals surface area contributed by atoms with Gasteiger partial charge in [-0.2, -0.15) is 0 Å². The lowest BCUT2D eigenvalue weighted by molar-refractivity contribution is 0.265. The number of halogens is 3. The molecule has 0 saturated carbocycles. The molecule has 0 amide bonds. The van der Waals surface area contributed by atoms with Crippen molar-refractivity contribution in [1.82, 2.24) is 0 Å². The van der Waals surface area contributed by atoms with E-state index >= 15 is 0 Å². The largest absolute Gasteiger partial charge is 0.462 e. The van der Waals surface area contributed by atoms with Crippen LogP contribution in [0.3, 0.4) is 0 Å². The fraction of sp³-hybridized carbons (Fsp3) is 0.300. The monoisotopic (exact) mass is 230 g/mol. The molecular formula is C10H9F3N2O. The number of aliphatic imine (C=N–C) groups is 1. The molecule has 0 aromatic heterocycles. The van der Waals surface area contributed by atoms with E-state index in [0.29, 0.717) is 0 Å². The maximum atomic E-state index is 13.0. The zero-order valence-corrected chi connectivity index (χ0v) is 8.43. The Balaban J connectivity index is 2.50. The maximum Gasteiger partial charge on any atom is 0.283 e. The molecule has 1 aromatic rings. The van der Waals surface area contributed by atoms with Gasteiger partial charge in [-0.05, 0) is 24.6 Å². The lowest BCUT2D eigenvalue weighted by Crippen LogP contribution is -2.21. The summed E-state index contributed by atoms with van der Waals surface area (Å²) >= 11 is 0. The summed E-state index contributed by atoms with van der Waals surface area (Å²) in [6, 6.07) is 1.74.